The Kier molecular flexibility index (Phi) is 7.94. The first kappa shape index (κ1) is 27.1. The van der Waals surface area contributed by atoms with Crippen LogP contribution in [0.5, 0.6) is 0 Å². The van der Waals surface area contributed by atoms with Crippen LogP contribution in [0.4, 0.5) is 8.78 Å². The summed E-state index contributed by atoms with van der Waals surface area (Å²) in [7, 11) is 0. The van der Waals surface area contributed by atoms with E-state index in [-0.39, 0.29) is 25.0 Å². The number of carbonyl (C=O) groups excluding carboxylic acids is 2. The lowest BCUT2D eigenvalue weighted by atomic mass is 9.85. The van der Waals surface area contributed by atoms with Gasteiger partial charge in [0.1, 0.15) is 17.4 Å². The summed E-state index contributed by atoms with van der Waals surface area (Å²) in [4.78, 5) is 30.0. The summed E-state index contributed by atoms with van der Waals surface area (Å²) in [5.41, 5.74) is 18.3. The van der Waals surface area contributed by atoms with Gasteiger partial charge in [-0.1, -0.05) is 36.4 Å². The van der Waals surface area contributed by atoms with E-state index in [2.05, 4.69) is 11.1 Å². The predicted molar refractivity (Wildman–Crippen MR) is 151 cm³/mol. The summed E-state index contributed by atoms with van der Waals surface area (Å²) in [6.07, 6.45) is 5.00. The number of ketones is 1. The van der Waals surface area contributed by atoms with Crippen LogP contribution < -0.4 is 11.5 Å². The normalized spacial score (nSPS) is 13.0. The molecule has 0 unspecified atom stereocenters. The molecule has 0 bridgehead atoms. The Morgan fingerprint density at radius 2 is 1.70 bits per heavy atom. The number of pyridine rings is 1. The van der Waals surface area contributed by atoms with Crippen molar-refractivity contribution in [2.45, 2.75) is 38.1 Å². The number of halogens is 2. The van der Waals surface area contributed by atoms with Crippen molar-refractivity contribution in [1.82, 2.24) is 4.98 Å². The molecule has 1 atom stereocenters. The highest BCUT2D eigenvalue weighted by Crippen LogP contribution is 2.36. The molecule has 1 aliphatic carbocycles. The fourth-order valence-electron chi connectivity index (χ4n) is 5.40. The Labute approximate surface area is 231 Å². The summed E-state index contributed by atoms with van der Waals surface area (Å²) in [6, 6.07) is 20.0. The third-order valence-electron chi connectivity index (χ3n) is 7.27. The number of rotatable bonds is 10. The minimum Gasteiger partial charge on any atom is -0.366 e. The molecule has 7 heteroatoms. The highest BCUT2D eigenvalue weighted by atomic mass is 19.1. The number of nitrogens with two attached hydrogens (primary N) is 2. The highest BCUT2D eigenvalue weighted by Gasteiger charge is 2.25. The Bertz CT molecular complexity index is 1610. The Hall–Kier alpha value is -4.49. The number of aromatic nitrogens is 1. The van der Waals surface area contributed by atoms with Gasteiger partial charge in [0, 0.05) is 48.7 Å². The second-order valence-corrected chi connectivity index (χ2v) is 10.1. The molecule has 1 aliphatic rings. The molecule has 1 amide bonds. The molecule has 1 heterocycles. The largest absolute Gasteiger partial charge is 0.366 e. The van der Waals surface area contributed by atoms with Crippen molar-refractivity contribution < 1.29 is 18.4 Å². The molecule has 0 fully saturated rings. The van der Waals surface area contributed by atoms with Crippen LogP contribution >= 0.6 is 0 Å². The first-order chi connectivity index (χ1) is 19.3. The molecule has 40 heavy (non-hydrogen) atoms. The summed E-state index contributed by atoms with van der Waals surface area (Å²) < 4.78 is 28.2. The number of carbonyl (C=O) groups is 2. The fraction of sp³-hybridized carbons (Fsp3) is 0.182. The zero-order valence-corrected chi connectivity index (χ0v) is 21.9. The molecule has 0 radical (unpaired) electrons. The SMILES string of the molecule is NCc1ccc2c(c1)C(CC(=O)C[C@@H](Cc1cc(F)cc(F)c1)c1ncccc1-c1cccc(C(N)=O)c1)=CC2. The lowest BCUT2D eigenvalue weighted by Gasteiger charge is -2.20. The third-order valence-corrected chi connectivity index (χ3v) is 7.27. The van der Waals surface area contributed by atoms with E-state index in [1.165, 1.54) is 12.1 Å². The number of primary amides is 1. The van der Waals surface area contributed by atoms with Crippen LogP contribution in [-0.2, 0) is 24.2 Å². The summed E-state index contributed by atoms with van der Waals surface area (Å²) >= 11 is 0. The number of fused-ring (bicyclic) bond motifs is 1. The number of nitrogens with zero attached hydrogens (tertiary/aromatic N) is 1. The van der Waals surface area contributed by atoms with E-state index in [1.54, 1.807) is 30.5 Å². The molecule has 202 valence electrons. The van der Waals surface area contributed by atoms with Crippen LogP contribution in [0.2, 0.25) is 0 Å². The molecular weight excluding hydrogens is 508 g/mol. The zero-order chi connectivity index (χ0) is 28.2. The van der Waals surface area contributed by atoms with Gasteiger partial charge in [0.2, 0.25) is 5.91 Å². The van der Waals surface area contributed by atoms with Crippen LogP contribution in [0.25, 0.3) is 16.7 Å². The minimum absolute atomic E-state index is 0.0124. The van der Waals surface area contributed by atoms with Crippen LogP contribution in [0, 0.1) is 11.6 Å². The van der Waals surface area contributed by atoms with Crippen LogP contribution in [0.15, 0.2) is 85.1 Å². The van der Waals surface area contributed by atoms with E-state index in [0.717, 1.165) is 40.3 Å². The molecule has 0 saturated heterocycles. The number of amides is 1. The van der Waals surface area contributed by atoms with E-state index >= 15 is 0 Å². The third kappa shape index (κ3) is 6.05. The number of allylic oxidation sites excluding steroid dienone is 2. The predicted octanol–water partition coefficient (Wildman–Crippen LogP) is 5.90. The number of hydrogen-bond acceptors (Lipinski definition) is 4. The molecule has 1 aromatic heterocycles. The van der Waals surface area contributed by atoms with Gasteiger partial charge in [0.15, 0.2) is 0 Å². The van der Waals surface area contributed by atoms with Crippen molar-refractivity contribution in [2.75, 3.05) is 0 Å². The van der Waals surface area contributed by atoms with E-state index in [9.17, 15) is 18.4 Å². The van der Waals surface area contributed by atoms with Gasteiger partial charge in [-0.2, -0.15) is 0 Å². The topological polar surface area (TPSA) is 99.1 Å². The summed E-state index contributed by atoms with van der Waals surface area (Å²) in [5.74, 6) is -2.41. The van der Waals surface area contributed by atoms with E-state index in [1.807, 2.05) is 30.3 Å². The number of benzene rings is 3. The number of hydrogen-bond donors (Lipinski definition) is 2. The van der Waals surface area contributed by atoms with E-state index < -0.39 is 23.5 Å². The summed E-state index contributed by atoms with van der Waals surface area (Å²) in [6.45, 7) is 0.417. The van der Waals surface area contributed by atoms with Crippen LogP contribution in [0.3, 0.4) is 0 Å². The van der Waals surface area contributed by atoms with Crippen molar-refractivity contribution >= 4 is 17.3 Å². The van der Waals surface area contributed by atoms with Gasteiger partial charge in [0.25, 0.3) is 0 Å². The van der Waals surface area contributed by atoms with Gasteiger partial charge >= 0.3 is 0 Å². The average molecular weight is 538 g/mol. The monoisotopic (exact) mass is 537 g/mol. The summed E-state index contributed by atoms with van der Waals surface area (Å²) in [5, 5.41) is 0. The molecule has 5 rings (SSSR count). The standard InChI is InChI=1S/C33H29F2N3O2/c34-27-12-21(13-28(35)18-27)11-26(17-29(39)16-24-9-8-22-7-6-20(19-36)14-31(22)24)32-30(5-2-10-38-32)23-3-1-4-25(15-23)33(37)40/h1-7,9-10,12-15,18,26H,8,11,16-17,19,36H2,(H2,37,40)/t26-/m1/s1. The molecule has 4 N–H and O–H groups in total. The molecule has 0 saturated carbocycles. The molecule has 4 aromatic rings. The maximum Gasteiger partial charge on any atom is 0.248 e. The Balaban J connectivity index is 1.48. The average Bonchev–Trinajstić information content (AvgIpc) is 3.33. The second-order valence-electron chi connectivity index (χ2n) is 10.1. The van der Waals surface area contributed by atoms with Crippen molar-refractivity contribution in [3.05, 3.63) is 130 Å². The second kappa shape index (κ2) is 11.7. The van der Waals surface area contributed by atoms with Gasteiger partial charge in [-0.25, -0.2) is 8.78 Å². The van der Waals surface area contributed by atoms with Gasteiger partial charge in [-0.15, -0.1) is 0 Å². The van der Waals surface area contributed by atoms with Gasteiger partial charge in [0.05, 0.1) is 5.69 Å². The Morgan fingerprint density at radius 1 is 0.900 bits per heavy atom. The minimum atomic E-state index is -0.682. The first-order valence-corrected chi connectivity index (χ1v) is 13.1. The lowest BCUT2D eigenvalue weighted by molar-refractivity contribution is -0.118. The molecule has 0 spiro atoms. The van der Waals surface area contributed by atoms with Crippen LogP contribution in [-0.4, -0.2) is 16.7 Å². The smallest absolute Gasteiger partial charge is 0.248 e. The van der Waals surface area contributed by atoms with Crippen molar-refractivity contribution in [3.8, 4) is 11.1 Å². The lowest BCUT2D eigenvalue weighted by Crippen LogP contribution is -2.14. The van der Waals surface area contributed by atoms with Crippen molar-refractivity contribution in [1.29, 1.82) is 0 Å². The molecular formula is C33H29F2N3O2. The molecule has 5 nitrogen and oxygen atoms in total. The van der Waals surface area contributed by atoms with E-state index in [0.29, 0.717) is 28.9 Å². The van der Waals surface area contributed by atoms with Crippen molar-refractivity contribution in [3.63, 3.8) is 0 Å². The zero-order valence-electron chi connectivity index (χ0n) is 21.9. The first-order valence-electron chi connectivity index (χ1n) is 13.1. The van der Waals surface area contributed by atoms with Crippen molar-refractivity contribution in [2.24, 2.45) is 11.5 Å². The molecule has 0 aliphatic heterocycles. The van der Waals surface area contributed by atoms with E-state index in [4.69, 9.17) is 11.5 Å². The van der Waals surface area contributed by atoms with Gasteiger partial charge in [-0.05, 0) is 82.6 Å². The quantitative estimate of drug-likeness (QED) is 0.263. The maximum atomic E-state index is 14.1. The van der Waals surface area contributed by atoms with Gasteiger partial charge in [-0.3, -0.25) is 14.6 Å². The van der Waals surface area contributed by atoms with Gasteiger partial charge < -0.3 is 11.5 Å². The molecule has 3 aromatic carbocycles. The maximum absolute atomic E-state index is 14.1. The Morgan fingerprint density at radius 3 is 2.45 bits per heavy atom. The number of Topliss-reactive ketones (excluding diaryl/α,β-unsaturated/α-hetero) is 1. The highest BCUT2D eigenvalue weighted by molar-refractivity contribution is 5.94. The van der Waals surface area contributed by atoms with Crippen LogP contribution in [0.1, 0.15) is 57.1 Å². The fourth-order valence-corrected chi connectivity index (χ4v) is 5.40.